The molecule has 0 unspecified atom stereocenters. The molecule has 2 heterocycles. The zero-order chi connectivity index (χ0) is 18.1. The van der Waals surface area contributed by atoms with Crippen LogP contribution in [0.3, 0.4) is 0 Å². The van der Waals surface area contributed by atoms with Gasteiger partial charge in [-0.05, 0) is 54.6 Å². The van der Waals surface area contributed by atoms with Crippen molar-refractivity contribution in [2.24, 2.45) is 0 Å². The van der Waals surface area contributed by atoms with E-state index in [1.807, 2.05) is 42.5 Å². The van der Waals surface area contributed by atoms with Gasteiger partial charge < -0.3 is 4.42 Å². The highest BCUT2D eigenvalue weighted by Crippen LogP contribution is 2.32. The Labute approximate surface area is 170 Å². The van der Waals surface area contributed by atoms with E-state index in [4.69, 9.17) is 4.42 Å². The Morgan fingerprint density at radius 2 is 1.85 bits per heavy atom. The molecule has 0 fully saturated rings. The average Bonchev–Trinajstić information content (AvgIpc) is 3.28. The van der Waals surface area contributed by atoms with Crippen LogP contribution in [0.4, 0.5) is 5.13 Å². The predicted molar refractivity (Wildman–Crippen MR) is 111 cm³/mol. The van der Waals surface area contributed by atoms with E-state index in [1.165, 1.54) is 11.3 Å². The van der Waals surface area contributed by atoms with Crippen molar-refractivity contribution < 1.29 is 9.21 Å². The normalized spacial score (nSPS) is 11.0. The summed E-state index contributed by atoms with van der Waals surface area (Å²) in [5.74, 6) is 0.586. The monoisotopic (exact) mass is 490 g/mol. The van der Waals surface area contributed by atoms with E-state index in [0.29, 0.717) is 23.0 Å². The van der Waals surface area contributed by atoms with Crippen LogP contribution in [0.25, 0.3) is 10.2 Å². The number of aromatic nitrogens is 1. The maximum absolute atomic E-state index is 13.2. The molecule has 7 heteroatoms. The van der Waals surface area contributed by atoms with Crippen molar-refractivity contribution in [2.75, 3.05) is 4.90 Å². The molecule has 0 N–H and O–H groups in total. The van der Waals surface area contributed by atoms with Crippen LogP contribution in [0, 0.1) is 0 Å². The summed E-state index contributed by atoms with van der Waals surface area (Å²) in [7, 11) is 0. The molecular formula is C19H12Br2N2O2S. The molecule has 0 bridgehead atoms. The summed E-state index contributed by atoms with van der Waals surface area (Å²) in [6.07, 6.45) is 1.60. The summed E-state index contributed by atoms with van der Waals surface area (Å²) in [6, 6.07) is 16.9. The number of hydrogen-bond donors (Lipinski definition) is 0. The number of rotatable bonds is 4. The minimum atomic E-state index is -0.118. The fourth-order valence-electron chi connectivity index (χ4n) is 2.53. The van der Waals surface area contributed by atoms with Crippen molar-refractivity contribution in [1.82, 2.24) is 4.98 Å². The van der Waals surface area contributed by atoms with Crippen LogP contribution < -0.4 is 4.90 Å². The number of benzene rings is 2. The second-order valence-corrected chi connectivity index (χ2v) is 8.43. The highest BCUT2D eigenvalue weighted by atomic mass is 79.9. The molecule has 0 aliphatic carbocycles. The third-order valence-corrected chi connectivity index (χ3v) is 5.86. The number of furan rings is 1. The van der Waals surface area contributed by atoms with Gasteiger partial charge in [-0.3, -0.25) is 9.69 Å². The molecule has 0 saturated carbocycles. The van der Waals surface area contributed by atoms with Gasteiger partial charge in [-0.15, -0.1) is 0 Å². The zero-order valence-electron chi connectivity index (χ0n) is 13.4. The Morgan fingerprint density at radius 3 is 2.58 bits per heavy atom. The van der Waals surface area contributed by atoms with Crippen molar-refractivity contribution in [1.29, 1.82) is 0 Å². The van der Waals surface area contributed by atoms with Gasteiger partial charge in [0.25, 0.3) is 5.91 Å². The van der Waals surface area contributed by atoms with E-state index in [1.54, 1.807) is 23.3 Å². The van der Waals surface area contributed by atoms with Crippen molar-refractivity contribution in [3.63, 3.8) is 0 Å². The Morgan fingerprint density at radius 1 is 1.08 bits per heavy atom. The summed E-state index contributed by atoms with van der Waals surface area (Å²) in [5.41, 5.74) is 1.46. The third-order valence-electron chi connectivity index (χ3n) is 3.80. The van der Waals surface area contributed by atoms with Gasteiger partial charge in [-0.1, -0.05) is 43.2 Å². The number of amides is 1. The van der Waals surface area contributed by atoms with Gasteiger partial charge >= 0.3 is 0 Å². The van der Waals surface area contributed by atoms with Crippen LogP contribution in [0.2, 0.25) is 0 Å². The lowest BCUT2D eigenvalue weighted by Crippen LogP contribution is -2.30. The zero-order valence-corrected chi connectivity index (χ0v) is 17.3. The van der Waals surface area contributed by atoms with Crippen molar-refractivity contribution >= 4 is 64.5 Å². The Bertz CT molecular complexity index is 1060. The second kappa shape index (κ2) is 7.34. The summed E-state index contributed by atoms with van der Waals surface area (Å²) >= 11 is 8.36. The minimum Gasteiger partial charge on any atom is -0.467 e. The van der Waals surface area contributed by atoms with Crippen LogP contribution in [-0.2, 0) is 6.54 Å². The Balaban J connectivity index is 1.76. The molecule has 0 aliphatic rings. The number of hydrogen-bond acceptors (Lipinski definition) is 4. The standard InChI is InChI=1S/C19H12Br2N2O2S/c20-13-5-3-12(4-6-13)18(24)23(11-15-2-1-9-25-15)19-22-16-8-7-14(21)10-17(16)26-19/h1-10H,11H2. The molecule has 0 aliphatic heterocycles. The Hall–Kier alpha value is -1.96. The number of nitrogens with zero attached hydrogens (tertiary/aromatic N) is 2. The predicted octanol–water partition coefficient (Wildman–Crippen LogP) is 6.26. The smallest absolute Gasteiger partial charge is 0.260 e. The largest absolute Gasteiger partial charge is 0.467 e. The Kier molecular flexibility index (Phi) is 4.93. The highest BCUT2D eigenvalue weighted by molar-refractivity contribution is 9.10. The van der Waals surface area contributed by atoms with E-state index in [-0.39, 0.29) is 5.91 Å². The molecule has 2 aromatic carbocycles. The van der Waals surface area contributed by atoms with E-state index in [9.17, 15) is 4.79 Å². The molecule has 0 spiro atoms. The van der Waals surface area contributed by atoms with Crippen molar-refractivity contribution in [2.45, 2.75) is 6.54 Å². The average molecular weight is 492 g/mol. The van der Waals surface area contributed by atoms with Crippen molar-refractivity contribution in [3.05, 3.63) is 81.1 Å². The first-order valence-corrected chi connectivity index (χ1v) is 10.2. The van der Waals surface area contributed by atoms with Crippen molar-refractivity contribution in [3.8, 4) is 0 Å². The van der Waals surface area contributed by atoms with Crippen LogP contribution in [0.1, 0.15) is 16.1 Å². The highest BCUT2D eigenvalue weighted by Gasteiger charge is 2.22. The van der Waals surface area contributed by atoms with E-state index in [2.05, 4.69) is 36.8 Å². The lowest BCUT2D eigenvalue weighted by molar-refractivity contribution is 0.0983. The van der Waals surface area contributed by atoms with Gasteiger partial charge in [0.05, 0.1) is 23.0 Å². The first-order chi connectivity index (χ1) is 12.6. The number of thiazole rings is 1. The second-order valence-electron chi connectivity index (χ2n) is 5.59. The molecule has 0 atom stereocenters. The summed E-state index contributed by atoms with van der Waals surface area (Å²) in [5, 5.41) is 0.641. The SMILES string of the molecule is O=C(c1ccc(Br)cc1)N(Cc1ccco1)c1nc2ccc(Br)cc2s1. The number of carbonyl (C=O) groups excluding carboxylic acids is 1. The fraction of sp³-hybridized carbons (Fsp3) is 0.0526. The van der Waals surface area contributed by atoms with Crippen LogP contribution in [0.15, 0.2) is 74.2 Å². The number of carbonyl (C=O) groups is 1. The topological polar surface area (TPSA) is 46.3 Å². The first kappa shape index (κ1) is 17.5. The van der Waals surface area contributed by atoms with Gasteiger partial charge in [-0.25, -0.2) is 4.98 Å². The summed E-state index contributed by atoms with van der Waals surface area (Å²) in [6.45, 7) is 0.322. The minimum absolute atomic E-state index is 0.118. The summed E-state index contributed by atoms with van der Waals surface area (Å²) in [4.78, 5) is 19.5. The molecule has 4 aromatic rings. The number of halogens is 2. The molecule has 2 aromatic heterocycles. The molecule has 4 nitrogen and oxygen atoms in total. The van der Waals surface area contributed by atoms with Gasteiger partial charge in [-0.2, -0.15) is 0 Å². The maximum atomic E-state index is 13.2. The molecule has 1 amide bonds. The molecule has 0 radical (unpaired) electrons. The van der Waals surface area contributed by atoms with Gasteiger partial charge in [0.15, 0.2) is 5.13 Å². The number of fused-ring (bicyclic) bond motifs is 1. The summed E-state index contributed by atoms with van der Waals surface area (Å²) < 4.78 is 8.38. The lowest BCUT2D eigenvalue weighted by Gasteiger charge is -2.18. The van der Waals surface area contributed by atoms with E-state index >= 15 is 0 Å². The van der Waals surface area contributed by atoms with Gasteiger partial charge in [0.2, 0.25) is 0 Å². The fourth-order valence-corrected chi connectivity index (χ4v) is 4.31. The number of anilines is 1. The van der Waals surface area contributed by atoms with Crippen LogP contribution in [-0.4, -0.2) is 10.9 Å². The third kappa shape index (κ3) is 3.60. The van der Waals surface area contributed by atoms with Crippen LogP contribution >= 0.6 is 43.2 Å². The quantitative estimate of drug-likeness (QED) is 0.338. The lowest BCUT2D eigenvalue weighted by atomic mass is 10.2. The molecule has 26 heavy (non-hydrogen) atoms. The molecule has 130 valence electrons. The molecule has 4 rings (SSSR count). The van der Waals surface area contributed by atoms with Gasteiger partial charge in [0.1, 0.15) is 5.76 Å². The van der Waals surface area contributed by atoms with E-state index < -0.39 is 0 Å². The van der Waals surface area contributed by atoms with Gasteiger partial charge in [0, 0.05) is 14.5 Å². The first-order valence-electron chi connectivity index (χ1n) is 7.76. The molecule has 0 saturated heterocycles. The molecular weight excluding hydrogens is 480 g/mol. The maximum Gasteiger partial charge on any atom is 0.260 e. The van der Waals surface area contributed by atoms with E-state index in [0.717, 1.165) is 19.2 Å². The van der Waals surface area contributed by atoms with Crippen LogP contribution in [0.5, 0.6) is 0 Å².